The standard InChI is InChI=1S/C19H27N8O14P3/c28-12-5-15(39-13(12)7-38-43(34,35)41-44(36,37)40-42(31,32)33)27-6-11(19(30)26-10-27)1-2-14(29)20-3-4-21-17-16-18(23-8-22-16)25-9-24-17/h1-2,6,8-9,12-13,15,28H,3-5,7,10H2,(H,20,29)(H,26,30)(H,34,35)(H,36,37)(H2,31,32,33)(H2,21,22,23,24,25)/b2-1+/t12-,13-,15-/m1/s1. The van der Waals surface area contributed by atoms with Crippen LogP contribution in [0.2, 0.25) is 0 Å². The van der Waals surface area contributed by atoms with Gasteiger partial charge in [-0.25, -0.2) is 28.6 Å². The number of phosphoric ester groups is 1. The SMILES string of the molecule is O=C(/C=C/C1=CN([C@H]2C[C@@H](O)[C@@H](COP(=O)(O)OP(=O)(O)OP(=O)(O)O)O2)CNC1=O)NCCNc1ncnc2nc[nH]c12. The molecular formula is C19H27N8O14P3. The number of aliphatic hydroxyl groups is 1. The van der Waals surface area contributed by atoms with E-state index in [0.717, 1.165) is 6.08 Å². The van der Waals surface area contributed by atoms with Crippen LogP contribution in [0, 0.1) is 0 Å². The fourth-order valence-electron chi connectivity index (χ4n) is 3.88. The Kier molecular flexibility index (Phi) is 10.7. The predicted molar refractivity (Wildman–Crippen MR) is 144 cm³/mol. The summed E-state index contributed by atoms with van der Waals surface area (Å²) in [4.78, 5) is 77.1. The first-order valence-electron chi connectivity index (χ1n) is 12.3. The van der Waals surface area contributed by atoms with E-state index in [9.17, 15) is 38.2 Å². The number of nitrogens with one attached hydrogen (secondary N) is 4. The van der Waals surface area contributed by atoms with Crippen molar-refractivity contribution in [2.75, 3.05) is 31.7 Å². The monoisotopic (exact) mass is 684 g/mol. The van der Waals surface area contributed by atoms with Crippen molar-refractivity contribution in [2.24, 2.45) is 0 Å². The Hall–Kier alpha value is -3.10. The lowest BCUT2D eigenvalue weighted by molar-refractivity contribution is -0.120. The van der Waals surface area contributed by atoms with Gasteiger partial charge in [-0.15, -0.1) is 0 Å². The van der Waals surface area contributed by atoms with Crippen LogP contribution in [0.5, 0.6) is 0 Å². The number of imidazole rings is 1. The van der Waals surface area contributed by atoms with Crippen LogP contribution in [0.4, 0.5) is 5.82 Å². The number of hydrogen-bond donors (Lipinski definition) is 9. The minimum atomic E-state index is -5.71. The Balaban J connectivity index is 1.25. The van der Waals surface area contributed by atoms with Crippen molar-refractivity contribution in [3.63, 3.8) is 0 Å². The van der Waals surface area contributed by atoms with Crippen LogP contribution in [-0.4, -0.2) is 106 Å². The Morgan fingerprint density at radius 3 is 2.66 bits per heavy atom. The molecule has 242 valence electrons. The molecule has 1 fully saturated rings. The van der Waals surface area contributed by atoms with Crippen molar-refractivity contribution >= 4 is 52.3 Å². The number of carbonyl (C=O) groups excluding carboxylic acids is 2. The van der Waals surface area contributed by atoms with Gasteiger partial charge in [0.1, 0.15) is 24.2 Å². The van der Waals surface area contributed by atoms with Gasteiger partial charge in [0.25, 0.3) is 5.91 Å². The number of hydrogen-bond acceptors (Lipinski definition) is 15. The van der Waals surface area contributed by atoms with E-state index in [4.69, 9.17) is 14.5 Å². The van der Waals surface area contributed by atoms with Crippen molar-refractivity contribution in [3.8, 4) is 0 Å². The average molecular weight is 684 g/mol. The number of aromatic nitrogens is 4. The molecule has 1 saturated heterocycles. The number of H-pyrrole nitrogens is 1. The van der Waals surface area contributed by atoms with E-state index in [1.165, 1.54) is 29.8 Å². The number of ether oxygens (including phenoxy) is 1. The molecule has 9 N–H and O–H groups in total. The van der Waals surface area contributed by atoms with Crippen LogP contribution in [0.3, 0.4) is 0 Å². The van der Waals surface area contributed by atoms with Gasteiger partial charge >= 0.3 is 23.5 Å². The summed E-state index contributed by atoms with van der Waals surface area (Å²) in [7, 11) is -16.7. The van der Waals surface area contributed by atoms with Gasteiger partial charge in [-0.05, 0) is 6.08 Å². The molecular weight excluding hydrogens is 657 g/mol. The van der Waals surface area contributed by atoms with Crippen molar-refractivity contribution in [2.45, 2.75) is 24.9 Å². The molecule has 4 heterocycles. The quantitative estimate of drug-likeness (QED) is 0.0623. The maximum Gasteiger partial charge on any atom is 0.490 e. The summed E-state index contributed by atoms with van der Waals surface area (Å²) < 4.78 is 51.5. The van der Waals surface area contributed by atoms with E-state index >= 15 is 0 Å². The highest BCUT2D eigenvalue weighted by molar-refractivity contribution is 7.66. The van der Waals surface area contributed by atoms with Crippen molar-refractivity contribution in [3.05, 3.63) is 36.6 Å². The second-order valence-electron chi connectivity index (χ2n) is 8.96. The average Bonchev–Trinajstić information content (AvgIpc) is 3.54. The Labute approximate surface area is 247 Å². The molecule has 44 heavy (non-hydrogen) atoms. The van der Waals surface area contributed by atoms with Gasteiger partial charge in [0.05, 0.1) is 31.3 Å². The fourth-order valence-corrected chi connectivity index (χ4v) is 6.91. The molecule has 0 spiro atoms. The second-order valence-corrected chi connectivity index (χ2v) is 13.4. The molecule has 0 aliphatic carbocycles. The van der Waals surface area contributed by atoms with E-state index < -0.39 is 60.3 Å². The first-order valence-corrected chi connectivity index (χ1v) is 16.8. The van der Waals surface area contributed by atoms with Crippen LogP contribution >= 0.6 is 23.5 Å². The molecule has 22 nitrogen and oxygen atoms in total. The molecule has 0 aromatic carbocycles. The Bertz CT molecular complexity index is 1580. The van der Waals surface area contributed by atoms with Crippen LogP contribution in [0.15, 0.2) is 36.6 Å². The van der Waals surface area contributed by atoms with Crippen LogP contribution in [0.25, 0.3) is 11.2 Å². The van der Waals surface area contributed by atoms with Gasteiger partial charge < -0.3 is 55.3 Å². The Morgan fingerprint density at radius 1 is 1.14 bits per heavy atom. The number of nitrogens with zero attached hydrogens (tertiary/aromatic N) is 4. The number of phosphoric acid groups is 3. The summed E-state index contributed by atoms with van der Waals surface area (Å²) in [6.45, 7) is -0.361. The van der Waals surface area contributed by atoms with E-state index in [1.807, 2.05) is 0 Å². The molecule has 2 amide bonds. The van der Waals surface area contributed by atoms with Gasteiger partial charge in [-0.3, -0.25) is 14.1 Å². The summed E-state index contributed by atoms with van der Waals surface area (Å²) in [6, 6.07) is 0. The van der Waals surface area contributed by atoms with Crippen molar-refractivity contribution in [1.29, 1.82) is 0 Å². The summed E-state index contributed by atoms with van der Waals surface area (Å²) in [5, 5.41) is 18.6. The van der Waals surface area contributed by atoms with Gasteiger partial charge in [0, 0.05) is 31.8 Å². The first-order chi connectivity index (χ1) is 20.6. The number of carbonyl (C=O) groups is 2. The molecule has 0 bridgehead atoms. The van der Waals surface area contributed by atoms with Gasteiger partial charge in [-0.2, -0.15) is 8.62 Å². The molecule has 25 heteroatoms. The van der Waals surface area contributed by atoms with Gasteiger partial charge in [0.15, 0.2) is 11.5 Å². The minimum absolute atomic E-state index is 0.0549. The molecule has 0 saturated carbocycles. The van der Waals surface area contributed by atoms with Gasteiger partial charge in [-0.1, -0.05) is 0 Å². The zero-order valence-electron chi connectivity index (χ0n) is 22.2. The molecule has 2 aromatic rings. The lowest BCUT2D eigenvalue weighted by Gasteiger charge is -2.31. The van der Waals surface area contributed by atoms with Crippen molar-refractivity contribution in [1.82, 2.24) is 35.5 Å². The minimum Gasteiger partial charge on any atom is -0.390 e. The third-order valence-electron chi connectivity index (χ3n) is 5.74. The molecule has 2 aliphatic rings. The zero-order chi connectivity index (χ0) is 32.1. The highest BCUT2D eigenvalue weighted by Crippen LogP contribution is 2.66. The number of rotatable bonds is 14. The van der Waals surface area contributed by atoms with Crippen LogP contribution in [0.1, 0.15) is 6.42 Å². The molecule has 4 rings (SSSR count). The summed E-state index contributed by atoms with van der Waals surface area (Å²) in [6.07, 6.45) is 3.11. The van der Waals surface area contributed by atoms with Crippen LogP contribution in [-0.2, 0) is 41.2 Å². The maximum atomic E-state index is 12.3. The highest BCUT2D eigenvalue weighted by atomic mass is 31.3. The third-order valence-corrected chi connectivity index (χ3v) is 9.54. The first kappa shape index (κ1) is 33.8. The Morgan fingerprint density at radius 2 is 1.91 bits per heavy atom. The van der Waals surface area contributed by atoms with E-state index in [-0.39, 0.29) is 25.2 Å². The molecule has 0 radical (unpaired) electrons. The largest absolute Gasteiger partial charge is 0.490 e. The second kappa shape index (κ2) is 13.9. The summed E-state index contributed by atoms with van der Waals surface area (Å²) >= 11 is 0. The summed E-state index contributed by atoms with van der Waals surface area (Å²) in [5.74, 6) is -0.481. The zero-order valence-corrected chi connectivity index (χ0v) is 24.9. The van der Waals surface area contributed by atoms with Crippen LogP contribution < -0.4 is 16.0 Å². The molecule has 2 aliphatic heterocycles. The molecule has 2 unspecified atom stereocenters. The number of aromatic amines is 1. The van der Waals surface area contributed by atoms with E-state index in [0.29, 0.717) is 23.5 Å². The highest BCUT2D eigenvalue weighted by Gasteiger charge is 2.43. The molecule has 2 aromatic heterocycles. The fraction of sp³-hybridized carbons (Fsp3) is 0.421. The van der Waals surface area contributed by atoms with Crippen molar-refractivity contribution < 1.29 is 65.8 Å². The normalized spacial score (nSPS) is 23.7. The van der Waals surface area contributed by atoms with Gasteiger partial charge in [0.2, 0.25) is 5.91 Å². The number of aliphatic hydroxyl groups excluding tert-OH is 1. The predicted octanol–water partition coefficient (Wildman–Crippen LogP) is -1.47. The summed E-state index contributed by atoms with van der Waals surface area (Å²) in [5.41, 5.74) is 1.17. The molecule has 5 atom stereocenters. The lowest BCUT2D eigenvalue weighted by Crippen LogP contribution is -2.45. The smallest absolute Gasteiger partial charge is 0.390 e. The third kappa shape index (κ3) is 9.70. The topological polar surface area (TPSA) is 317 Å². The van der Waals surface area contributed by atoms with E-state index in [1.54, 1.807) is 0 Å². The van der Waals surface area contributed by atoms with E-state index in [2.05, 4.69) is 49.0 Å². The lowest BCUT2D eigenvalue weighted by atomic mass is 10.1. The maximum absolute atomic E-state index is 12.3. The number of amides is 2. The number of anilines is 1. The number of fused-ring (bicyclic) bond motifs is 1.